The number of rotatable bonds is 5. The fourth-order valence-electron chi connectivity index (χ4n) is 4.21. The Morgan fingerprint density at radius 2 is 2.00 bits per heavy atom. The first-order valence-electron chi connectivity index (χ1n) is 10.0. The van der Waals surface area contributed by atoms with E-state index in [-0.39, 0.29) is 11.9 Å². The van der Waals surface area contributed by atoms with Gasteiger partial charge in [0.15, 0.2) is 0 Å². The van der Waals surface area contributed by atoms with E-state index in [1.807, 2.05) is 6.92 Å². The van der Waals surface area contributed by atoms with E-state index in [4.69, 9.17) is 16.3 Å². The Morgan fingerprint density at radius 3 is 2.76 bits per heavy atom. The average molecular weight is 412 g/mol. The van der Waals surface area contributed by atoms with Crippen molar-refractivity contribution in [2.24, 2.45) is 0 Å². The Kier molecular flexibility index (Phi) is 5.79. The van der Waals surface area contributed by atoms with Crippen molar-refractivity contribution in [3.63, 3.8) is 0 Å². The molecule has 6 heteroatoms. The molecule has 4 rings (SSSR count). The zero-order valence-electron chi connectivity index (χ0n) is 16.7. The molecular formula is C23H26ClN3O2. The highest BCUT2D eigenvalue weighted by molar-refractivity contribution is 6.31. The maximum absolute atomic E-state index is 12.8. The second-order valence-corrected chi connectivity index (χ2v) is 8.05. The molecule has 1 saturated heterocycles. The van der Waals surface area contributed by atoms with Gasteiger partial charge in [-0.2, -0.15) is 0 Å². The summed E-state index contributed by atoms with van der Waals surface area (Å²) in [6.45, 7) is 3.75. The highest BCUT2D eigenvalue weighted by atomic mass is 35.5. The largest absolute Gasteiger partial charge is 0.495 e. The molecule has 0 saturated carbocycles. The van der Waals surface area contributed by atoms with Crippen LogP contribution < -0.4 is 10.1 Å². The van der Waals surface area contributed by atoms with Crippen LogP contribution in [0.25, 0.3) is 10.9 Å². The fourth-order valence-corrected chi connectivity index (χ4v) is 4.38. The summed E-state index contributed by atoms with van der Waals surface area (Å²) < 4.78 is 5.33. The van der Waals surface area contributed by atoms with Crippen molar-refractivity contribution in [2.45, 2.75) is 31.7 Å². The molecule has 1 unspecified atom stereocenters. The van der Waals surface area contributed by atoms with Crippen LogP contribution in [0, 0.1) is 0 Å². The van der Waals surface area contributed by atoms with Gasteiger partial charge in [-0.1, -0.05) is 29.8 Å². The molecule has 1 amide bonds. The third-order valence-electron chi connectivity index (χ3n) is 5.94. The molecule has 0 radical (unpaired) electrons. The lowest BCUT2D eigenvalue weighted by Crippen LogP contribution is -2.45. The summed E-state index contributed by atoms with van der Waals surface area (Å²) in [7, 11) is 1.58. The standard InChI is InChI=1S/C23H26ClN3O2/c1-15(23(28)26-21-13-17(24)7-8-22(21)29-2)27-11-9-16(10-12-27)19-14-25-20-6-4-3-5-18(19)20/h3-8,13-16,25H,9-12H2,1-2H3,(H,26,28). The molecule has 152 valence electrons. The highest BCUT2D eigenvalue weighted by Gasteiger charge is 2.28. The van der Waals surface area contributed by atoms with Crippen LogP contribution in [0.5, 0.6) is 5.75 Å². The predicted molar refractivity (Wildman–Crippen MR) is 118 cm³/mol. The van der Waals surface area contributed by atoms with Crippen LogP contribution in [0.15, 0.2) is 48.7 Å². The van der Waals surface area contributed by atoms with E-state index < -0.39 is 0 Å². The number of hydrogen-bond acceptors (Lipinski definition) is 3. The van der Waals surface area contributed by atoms with Crippen molar-refractivity contribution >= 4 is 34.1 Å². The number of aromatic amines is 1. The number of nitrogens with zero attached hydrogens (tertiary/aromatic N) is 1. The van der Waals surface area contributed by atoms with E-state index in [1.165, 1.54) is 16.5 Å². The van der Waals surface area contributed by atoms with E-state index in [2.05, 4.69) is 45.7 Å². The number of H-pyrrole nitrogens is 1. The zero-order valence-corrected chi connectivity index (χ0v) is 17.5. The Bertz CT molecular complexity index is 1010. The number of amides is 1. The van der Waals surface area contributed by atoms with Crippen LogP contribution in [0.2, 0.25) is 5.02 Å². The van der Waals surface area contributed by atoms with Gasteiger partial charge in [-0.25, -0.2) is 0 Å². The Balaban J connectivity index is 1.39. The Labute approximate surface area is 176 Å². The van der Waals surface area contributed by atoms with Crippen molar-refractivity contribution in [2.75, 3.05) is 25.5 Å². The summed E-state index contributed by atoms with van der Waals surface area (Å²) in [5, 5.41) is 4.84. The van der Waals surface area contributed by atoms with Crippen molar-refractivity contribution in [1.82, 2.24) is 9.88 Å². The SMILES string of the molecule is COc1ccc(Cl)cc1NC(=O)C(C)N1CCC(c2c[nH]c3ccccc23)CC1. The van der Waals surface area contributed by atoms with Gasteiger partial charge in [0.1, 0.15) is 5.75 Å². The lowest BCUT2D eigenvalue weighted by molar-refractivity contribution is -0.121. The summed E-state index contributed by atoms with van der Waals surface area (Å²) in [5.74, 6) is 1.08. The summed E-state index contributed by atoms with van der Waals surface area (Å²) >= 11 is 6.07. The number of ether oxygens (including phenoxy) is 1. The fraction of sp³-hybridized carbons (Fsp3) is 0.348. The van der Waals surface area contributed by atoms with Crippen molar-refractivity contribution in [1.29, 1.82) is 0 Å². The van der Waals surface area contributed by atoms with Crippen LogP contribution in [0.3, 0.4) is 0 Å². The third-order valence-corrected chi connectivity index (χ3v) is 6.17. The molecule has 2 N–H and O–H groups in total. The molecule has 3 aromatic rings. The number of para-hydroxylation sites is 1. The number of hydrogen-bond donors (Lipinski definition) is 2. The molecule has 1 fully saturated rings. The minimum absolute atomic E-state index is 0.0453. The predicted octanol–water partition coefficient (Wildman–Crippen LogP) is 5.04. The van der Waals surface area contributed by atoms with E-state index in [9.17, 15) is 4.79 Å². The molecule has 1 aliphatic rings. The lowest BCUT2D eigenvalue weighted by Gasteiger charge is -2.35. The molecule has 29 heavy (non-hydrogen) atoms. The van der Waals surface area contributed by atoms with Gasteiger partial charge >= 0.3 is 0 Å². The number of methoxy groups -OCH3 is 1. The molecular weight excluding hydrogens is 386 g/mol. The number of likely N-dealkylation sites (tertiary alicyclic amines) is 1. The van der Waals surface area contributed by atoms with Gasteiger partial charge in [-0.15, -0.1) is 0 Å². The molecule has 0 spiro atoms. The summed E-state index contributed by atoms with van der Waals surface area (Å²) in [4.78, 5) is 18.4. The molecule has 0 bridgehead atoms. The number of aromatic nitrogens is 1. The summed E-state index contributed by atoms with van der Waals surface area (Å²) in [6.07, 6.45) is 4.23. The first kappa shape index (κ1) is 19.8. The smallest absolute Gasteiger partial charge is 0.241 e. The second-order valence-electron chi connectivity index (χ2n) is 7.61. The number of piperidine rings is 1. The van der Waals surface area contributed by atoms with Crippen molar-refractivity contribution in [3.8, 4) is 5.75 Å². The van der Waals surface area contributed by atoms with Crippen LogP contribution in [-0.2, 0) is 4.79 Å². The summed E-state index contributed by atoms with van der Waals surface area (Å²) in [5.41, 5.74) is 3.18. The van der Waals surface area contributed by atoms with E-state index in [1.54, 1.807) is 25.3 Å². The molecule has 2 aromatic carbocycles. The molecule has 1 atom stereocenters. The van der Waals surface area contributed by atoms with Gasteiger partial charge < -0.3 is 15.0 Å². The number of nitrogens with one attached hydrogen (secondary N) is 2. The van der Waals surface area contributed by atoms with E-state index in [0.717, 1.165) is 25.9 Å². The summed E-state index contributed by atoms with van der Waals surface area (Å²) in [6, 6.07) is 13.4. The topological polar surface area (TPSA) is 57.4 Å². The van der Waals surface area contributed by atoms with E-state index >= 15 is 0 Å². The van der Waals surface area contributed by atoms with Crippen LogP contribution in [0.4, 0.5) is 5.69 Å². The Hall–Kier alpha value is -2.50. The molecule has 1 aliphatic heterocycles. The highest BCUT2D eigenvalue weighted by Crippen LogP contribution is 2.34. The monoisotopic (exact) mass is 411 g/mol. The minimum Gasteiger partial charge on any atom is -0.495 e. The van der Waals surface area contributed by atoms with Gasteiger partial charge in [-0.05, 0) is 68.6 Å². The first-order valence-corrected chi connectivity index (χ1v) is 10.4. The first-order chi connectivity index (χ1) is 14.1. The number of carbonyl (C=O) groups excluding carboxylic acids is 1. The zero-order chi connectivity index (χ0) is 20.4. The van der Waals surface area contributed by atoms with Gasteiger partial charge in [0.2, 0.25) is 5.91 Å². The van der Waals surface area contributed by atoms with Gasteiger partial charge in [0, 0.05) is 22.1 Å². The number of fused-ring (bicyclic) bond motifs is 1. The lowest BCUT2D eigenvalue weighted by atomic mass is 9.88. The van der Waals surface area contributed by atoms with Crippen LogP contribution >= 0.6 is 11.6 Å². The molecule has 2 heterocycles. The second kappa shape index (κ2) is 8.47. The van der Waals surface area contributed by atoms with Gasteiger partial charge in [0.25, 0.3) is 0 Å². The third kappa shape index (κ3) is 4.11. The maximum Gasteiger partial charge on any atom is 0.241 e. The van der Waals surface area contributed by atoms with Gasteiger partial charge in [-0.3, -0.25) is 9.69 Å². The van der Waals surface area contributed by atoms with Crippen LogP contribution in [0.1, 0.15) is 31.2 Å². The quantitative estimate of drug-likeness (QED) is 0.618. The number of benzene rings is 2. The number of halogens is 1. The van der Waals surface area contributed by atoms with Crippen molar-refractivity contribution in [3.05, 3.63) is 59.2 Å². The number of carbonyl (C=O) groups is 1. The average Bonchev–Trinajstić information content (AvgIpc) is 3.17. The maximum atomic E-state index is 12.8. The van der Waals surface area contributed by atoms with Crippen molar-refractivity contribution < 1.29 is 9.53 Å². The minimum atomic E-state index is -0.220. The van der Waals surface area contributed by atoms with E-state index in [0.29, 0.717) is 22.4 Å². The normalized spacial score (nSPS) is 16.7. The Morgan fingerprint density at radius 1 is 1.24 bits per heavy atom. The molecule has 0 aliphatic carbocycles. The van der Waals surface area contributed by atoms with Crippen LogP contribution in [-0.4, -0.2) is 42.0 Å². The molecule has 1 aromatic heterocycles. The number of anilines is 1. The van der Waals surface area contributed by atoms with Gasteiger partial charge in [0.05, 0.1) is 18.8 Å². The molecule has 5 nitrogen and oxygen atoms in total.